The first kappa shape index (κ1) is 21.7. The molecule has 0 aliphatic carbocycles. The normalized spacial score (nSPS) is 20.4. The van der Waals surface area contributed by atoms with E-state index in [0.717, 1.165) is 28.8 Å². The zero-order chi connectivity index (χ0) is 22.0. The van der Waals surface area contributed by atoms with Gasteiger partial charge in [-0.25, -0.2) is 8.42 Å². The summed E-state index contributed by atoms with van der Waals surface area (Å²) in [6.45, 7) is 2.75. The van der Waals surface area contributed by atoms with E-state index >= 15 is 0 Å². The lowest BCUT2D eigenvalue weighted by Crippen LogP contribution is -2.39. The van der Waals surface area contributed by atoms with Crippen molar-refractivity contribution in [3.63, 3.8) is 0 Å². The molecule has 0 bridgehead atoms. The van der Waals surface area contributed by atoms with Gasteiger partial charge in [0.25, 0.3) is 0 Å². The lowest BCUT2D eigenvalue weighted by Gasteiger charge is -2.25. The maximum Gasteiger partial charge on any atom is 0.156 e. The number of methoxy groups -OCH3 is 2. The summed E-state index contributed by atoms with van der Waals surface area (Å²) in [4.78, 5) is 6.60. The molecule has 1 fully saturated rings. The number of hydrogen-bond acceptors (Lipinski definition) is 6. The van der Waals surface area contributed by atoms with Gasteiger partial charge in [0.2, 0.25) is 0 Å². The highest BCUT2D eigenvalue weighted by atomic mass is 32.2. The van der Waals surface area contributed by atoms with Crippen LogP contribution in [-0.4, -0.2) is 57.0 Å². The van der Waals surface area contributed by atoms with Crippen LogP contribution in [0.5, 0.6) is 5.75 Å². The Labute approximate surface area is 183 Å². The summed E-state index contributed by atoms with van der Waals surface area (Å²) < 4.78 is 37.0. The summed E-state index contributed by atoms with van der Waals surface area (Å²) in [5.74, 6) is 0.824. The van der Waals surface area contributed by atoms with E-state index in [4.69, 9.17) is 9.47 Å². The highest BCUT2D eigenvalue weighted by Crippen LogP contribution is 2.39. The Hall–Kier alpha value is -2.48. The van der Waals surface area contributed by atoms with Crippen LogP contribution in [-0.2, 0) is 20.3 Å². The highest BCUT2D eigenvalue weighted by Gasteiger charge is 2.44. The zero-order valence-corrected chi connectivity index (χ0v) is 18.9. The largest absolute Gasteiger partial charge is 0.497 e. The quantitative estimate of drug-likeness (QED) is 0.474. The SMILES string of the molecule is COc1ccc(C2CN2[C@H](CS(=O)(=O)Cc2cnc3ccccc3c2)[C@@H](C)OC)cc1. The van der Waals surface area contributed by atoms with E-state index in [2.05, 4.69) is 9.88 Å². The van der Waals surface area contributed by atoms with Crippen LogP contribution in [0.25, 0.3) is 10.9 Å². The van der Waals surface area contributed by atoms with Crippen molar-refractivity contribution >= 4 is 20.7 Å². The zero-order valence-electron chi connectivity index (χ0n) is 18.1. The van der Waals surface area contributed by atoms with Crippen LogP contribution < -0.4 is 4.74 Å². The van der Waals surface area contributed by atoms with Gasteiger partial charge in [-0.15, -0.1) is 0 Å². The predicted octanol–water partition coefficient (Wildman–Crippen LogP) is 3.62. The number of pyridine rings is 1. The van der Waals surface area contributed by atoms with E-state index in [1.54, 1.807) is 20.4 Å². The smallest absolute Gasteiger partial charge is 0.156 e. The molecule has 0 radical (unpaired) electrons. The maximum absolute atomic E-state index is 13.1. The molecule has 0 amide bonds. The van der Waals surface area contributed by atoms with Gasteiger partial charge < -0.3 is 9.47 Å². The number of ether oxygens (including phenoxy) is 2. The lowest BCUT2D eigenvalue weighted by molar-refractivity contribution is 0.0678. The van der Waals surface area contributed by atoms with Crippen LogP contribution in [0.2, 0.25) is 0 Å². The molecule has 3 aromatic rings. The fraction of sp³-hybridized carbons (Fsp3) is 0.375. The van der Waals surface area contributed by atoms with Crippen molar-refractivity contribution in [1.82, 2.24) is 9.88 Å². The van der Waals surface area contributed by atoms with Crippen molar-refractivity contribution in [1.29, 1.82) is 0 Å². The van der Waals surface area contributed by atoms with Crippen LogP contribution >= 0.6 is 0 Å². The minimum atomic E-state index is -3.36. The molecule has 7 heteroatoms. The molecule has 2 heterocycles. The fourth-order valence-corrected chi connectivity index (χ4v) is 5.83. The molecular formula is C24H28N2O4S. The van der Waals surface area contributed by atoms with E-state index in [-0.39, 0.29) is 29.7 Å². The first-order chi connectivity index (χ1) is 14.9. The number of hydrogen-bond donors (Lipinski definition) is 0. The van der Waals surface area contributed by atoms with Gasteiger partial charge in [-0.3, -0.25) is 9.88 Å². The third-order valence-electron chi connectivity index (χ3n) is 5.95. The Bertz CT molecular complexity index is 1150. The van der Waals surface area contributed by atoms with Crippen LogP contribution in [0.3, 0.4) is 0 Å². The average molecular weight is 441 g/mol. The number of benzene rings is 2. The summed E-state index contributed by atoms with van der Waals surface area (Å²) in [6, 6.07) is 17.6. The molecule has 4 rings (SSSR count). The molecule has 1 aliphatic rings. The molecule has 0 N–H and O–H groups in total. The third-order valence-corrected chi connectivity index (χ3v) is 7.57. The van der Waals surface area contributed by atoms with Crippen LogP contribution in [0.15, 0.2) is 60.8 Å². The maximum atomic E-state index is 13.1. The second kappa shape index (κ2) is 8.94. The average Bonchev–Trinajstić information content (AvgIpc) is 3.57. The molecule has 6 nitrogen and oxygen atoms in total. The number of nitrogens with zero attached hydrogens (tertiary/aromatic N) is 2. The Morgan fingerprint density at radius 3 is 2.58 bits per heavy atom. The van der Waals surface area contributed by atoms with E-state index < -0.39 is 9.84 Å². The molecule has 31 heavy (non-hydrogen) atoms. The van der Waals surface area contributed by atoms with Gasteiger partial charge in [-0.2, -0.15) is 0 Å². The summed E-state index contributed by atoms with van der Waals surface area (Å²) >= 11 is 0. The summed E-state index contributed by atoms with van der Waals surface area (Å²) in [5, 5.41) is 0.947. The molecule has 1 saturated heterocycles. The van der Waals surface area contributed by atoms with Gasteiger partial charge in [-0.1, -0.05) is 30.3 Å². The first-order valence-corrected chi connectivity index (χ1v) is 12.2. The van der Waals surface area contributed by atoms with Crippen LogP contribution in [0.1, 0.15) is 24.1 Å². The molecule has 4 atom stereocenters. The van der Waals surface area contributed by atoms with Gasteiger partial charge in [0.05, 0.1) is 36.3 Å². The molecule has 1 aliphatic heterocycles. The highest BCUT2D eigenvalue weighted by molar-refractivity contribution is 7.90. The van der Waals surface area contributed by atoms with Gasteiger partial charge >= 0.3 is 0 Å². The number of sulfone groups is 1. The van der Waals surface area contributed by atoms with Gasteiger partial charge in [0.1, 0.15) is 5.75 Å². The monoisotopic (exact) mass is 440 g/mol. The summed E-state index contributed by atoms with van der Waals surface area (Å²) in [5.41, 5.74) is 2.73. The second-order valence-electron chi connectivity index (χ2n) is 8.08. The molecule has 0 saturated carbocycles. The van der Waals surface area contributed by atoms with Crippen molar-refractivity contribution in [2.24, 2.45) is 0 Å². The molecule has 2 aromatic carbocycles. The van der Waals surface area contributed by atoms with Crippen LogP contribution in [0, 0.1) is 0 Å². The number of fused-ring (bicyclic) bond motifs is 1. The number of rotatable bonds is 9. The summed E-state index contributed by atoms with van der Waals surface area (Å²) in [7, 11) is -0.0887. The first-order valence-electron chi connectivity index (χ1n) is 10.4. The molecule has 164 valence electrons. The van der Waals surface area contributed by atoms with Gasteiger partial charge in [0, 0.05) is 31.3 Å². The Kier molecular flexibility index (Phi) is 6.27. The minimum Gasteiger partial charge on any atom is -0.497 e. The van der Waals surface area contributed by atoms with Crippen molar-refractivity contribution in [3.05, 3.63) is 71.9 Å². The lowest BCUT2D eigenvalue weighted by atomic mass is 10.1. The van der Waals surface area contributed by atoms with Crippen molar-refractivity contribution in [3.8, 4) is 5.75 Å². The number of aromatic nitrogens is 1. The topological polar surface area (TPSA) is 68.5 Å². The van der Waals surface area contributed by atoms with Crippen molar-refractivity contribution in [2.45, 2.75) is 30.9 Å². The van der Waals surface area contributed by atoms with E-state index in [9.17, 15) is 8.42 Å². The summed E-state index contributed by atoms with van der Waals surface area (Å²) in [6.07, 6.45) is 1.46. The standard InChI is InChI=1S/C24H28N2O4S/c1-17(29-2)24(26-14-23(26)19-8-10-21(30-3)11-9-19)16-31(27,28)15-18-12-20-6-4-5-7-22(20)25-13-18/h4-13,17,23-24H,14-16H2,1-3H3/t17-,23?,24-,26?/m1/s1. The molecule has 2 unspecified atom stereocenters. The van der Waals surface area contributed by atoms with Gasteiger partial charge in [-0.05, 0) is 42.3 Å². The molecule has 1 aromatic heterocycles. The predicted molar refractivity (Wildman–Crippen MR) is 122 cm³/mol. The Morgan fingerprint density at radius 1 is 1.13 bits per heavy atom. The van der Waals surface area contributed by atoms with Crippen LogP contribution in [0.4, 0.5) is 0 Å². The van der Waals surface area contributed by atoms with Crippen molar-refractivity contribution < 1.29 is 17.9 Å². The van der Waals surface area contributed by atoms with E-state index in [1.165, 1.54) is 0 Å². The third kappa shape index (κ3) is 5.06. The molecular weight excluding hydrogens is 412 g/mol. The van der Waals surface area contributed by atoms with Crippen molar-refractivity contribution in [2.75, 3.05) is 26.5 Å². The minimum absolute atomic E-state index is 0.0290. The van der Waals surface area contributed by atoms with E-state index in [1.807, 2.05) is 61.5 Å². The fourth-order valence-electron chi connectivity index (χ4n) is 4.07. The van der Waals surface area contributed by atoms with E-state index in [0.29, 0.717) is 5.56 Å². The number of para-hydroxylation sites is 1. The Balaban J connectivity index is 1.48. The Morgan fingerprint density at radius 2 is 1.87 bits per heavy atom. The second-order valence-corrected chi connectivity index (χ2v) is 10.2. The van der Waals surface area contributed by atoms with Gasteiger partial charge in [0.15, 0.2) is 9.84 Å². The molecule has 0 spiro atoms.